The van der Waals surface area contributed by atoms with Crippen molar-refractivity contribution in [1.82, 2.24) is 0 Å². The predicted molar refractivity (Wildman–Crippen MR) is 36.6 cm³/mol. The molecule has 0 aliphatic rings. The number of hydrogen-bond donors (Lipinski definition) is 2. The molecular weight excluding hydrogens is 150 g/mol. The summed E-state index contributed by atoms with van der Waals surface area (Å²) in [4.78, 5) is 0. The van der Waals surface area contributed by atoms with Gasteiger partial charge >= 0.3 is 0 Å². The molecule has 2 nitrogen and oxygen atoms in total. The molecule has 0 spiro atoms. The van der Waals surface area contributed by atoms with Crippen LogP contribution in [0.1, 0.15) is 5.56 Å². The highest BCUT2D eigenvalue weighted by Crippen LogP contribution is 2.07. The normalized spacial score (nSPS) is 9.64. The summed E-state index contributed by atoms with van der Waals surface area (Å²) < 4.78 is 25.1. The van der Waals surface area contributed by atoms with E-state index in [9.17, 15) is 8.78 Å². The monoisotopic (exact) mass is 157 g/mol. The van der Waals surface area contributed by atoms with Crippen LogP contribution in [-0.2, 0) is 0 Å². The summed E-state index contributed by atoms with van der Waals surface area (Å²) >= 11 is 0. The van der Waals surface area contributed by atoms with Crippen molar-refractivity contribution in [2.45, 2.75) is 0 Å². The molecular formula is C7H7F2N2+. The number of benzene rings is 1. The highest BCUT2D eigenvalue weighted by atomic mass is 19.1. The molecule has 0 atom stereocenters. The van der Waals surface area contributed by atoms with Gasteiger partial charge in [-0.3, -0.25) is 11.1 Å². The fourth-order valence-corrected chi connectivity index (χ4v) is 0.719. The highest BCUT2D eigenvalue weighted by molar-refractivity contribution is 5.92. The number of rotatable bonds is 1. The summed E-state index contributed by atoms with van der Waals surface area (Å²) in [5.74, 6) is -1.40. The van der Waals surface area contributed by atoms with E-state index in [-0.39, 0.29) is 11.4 Å². The zero-order valence-corrected chi connectivity index (χ0v) is 5.64. The van der Waals surface area contributed by atoms with E-state index in [2.05, 4.69) is 0 Å². The van der Waals surface area contributed by atoms with Gasteiger partial charge in [0, 0.05) is 0 Å². The van der Waals surface area contributed by atoms with Crippen LogP contribution in [0.5, 0.6) is 0 Å². The molecule has 4 heteroatoms. The van der Waals surface area contributed by atoms with Crippen molar-refractivity contribution in [3.05, 3.63) is 35.4 Å². The fourth-order valence-electron chi connectivity index (χ4n) is 0.719. The largest absolute Gasteiger partial charge is 0.287 e. The van der Waals surface area contributed by atoms with E-state index in [1.54, 1.807) is 0 Å². The zero-order valence-electron chi connectivity index (χ0n) is 5.64. The Kier molecular flexibility index (Phi) is 1.85. The molecule has 0 saturated carbocycles. The van der Waals surface area contributed by atoms with E-state index in [4.69, 9.17) is 11.1 Å². The van der Waals surface area contributed by atoms with Gasteiger partial charge in [0.2, 0.25) is 0 Å². The van der Waals surface area contributed by atoms with E-state index in [0.29, 0.717) is 0 Å². The van der Waals surface area contributed by atoms with Crippen LogP contribution in [0.25, 0.3) is 0 Å². The second-order valence-corrected chi connectivity index (χ2v) is 2.08. The molecule has 0 radical (unpaired) electrons. The standard InChI is InChI=1S/C7H6F2N2/c8-4-1-2-6(9)5(3-4)7(10)11/h1-3H,(H3,10,11)/p+1. The molecule has 0 amide bonds. The third-order valence-electron chi connectivity index (χ3n) is 1.24. The Morgan fingerprint density at radius 2 is 2.00 bits per heavy atom. The van der Waals surface area contributed by atoms with Gasteiger partial charge in [-0.2, -0.15) is 0 Å². The number of hydrogen-bond acceptors (Lipinski definition) is 0. The summed E-state index contributed by atoms with van der Waals surface area (Å²) in [6.07, 6.45) is 0. The van der Waals surface area contributed by atoms with E-state index in [1.165, 1.54) is 0 Å². The van der Waals surface area contributed by atoms with Crippen molar-refractivity contribution in [3.8, 4) is 0 Å². The molecule has 1 aromatic rings. The van der Waals surface area contributed by atoms with Crippen molar-refractivity contribution in [1.29, 1.82) is 0 Å². The van der Waals surface area contributed by atoms with Crippen LogP contribution in [0.3, 0.4) is 0 Å². The minimum absolute atomic E-state index is 0.0926. The first-order chi connectivity index (χ1) is 5.11. The molecule has 58 valence electrons. The van der Waals surface area contributed by atoms with Gasteiger partial charge in [0.25, 0.3) is 5.84 Å². The Bertz CT molecular complexity index is 296. The lowest BCUT2D eigenvalue weighted by molar-refractivity contribution is -0.114. The van der Waals surface area contributed by atoms with Crippen molar-refractivity contribution in [2.24, 2.45) is 5.73 Å². The lowest BCUT2D eigenvalue weighted by Gasteiger charge is -1.94. The molecule has 0 aliphatic heterocycles. The van der Waals surface area contributed by atoms with E-state index < -0.39 is 11.6 Å². The number of halogens is 2. The van der Waals surface area contributed by atoms with Crippen LogP contribution < -0.4 is 11.1 Å². The van der Waals surface area contributed by atoms with Crippen LogP contribution >= 0.6 is 0 Å². The molecule has 0 aromatic heterocycles. The van der Waals surface area contributed by atoms with E-state index >= 15 is 0 Å². The highest BCUT2D eigenvalue weighted by Gasteiger charge is 2.09. The summed E-state index contributed by atoms with van der Waals surface area (Å²) in [6.45, 7) is 0. The van der Waals surface area contributed by atoms with Gasteiger partial charge in [0.1, 0.15) is 17.2 Å². The molecule has 1 aromatic carbocycles. The smallest absolute Gasteiger partial charge is 0.273 e. The average molecular weight is 157 g/mol. The zero-order chi connectivity index (χ0) is 8.43. The molecule has 0 aliphatic carbocycles. The molecule has 1 rings (SSSR count). The fraction of sp³-hybridized carbons (Fsp3) is 0. The van der Waals surface area contributed by atoms with Crippen molar-refractivity contribution < 1.29 is 14.2 Å². The van der Waals surface area contributed by atoms with Crippen molar-refractivity contribution in [3.63, 3.8) is 0 Å². The second-order valence-electron chi connectivity index (χ2n) is 2.08. The van der Waals surface area contributed by atoms with Crippen LogP contribution in [0.2, 0.25) is 0 Å². The van der Waals surface area contributed by atoms with Crippen LogP contribution in [0.15, 0.2) is 18.2 Å². The Morgan fingerprint density at radius 1 is 1.36 bits per heavy atom. The first kappa shape index (κ1) is 7.65. The Hall–Kier alpha value is -1.45. The Morgan fingerprint density at radius 3 is 2.45 bits per heavy atom. The van der Waals surface area contributed by atoms with Gasteiger partial charge in [0.05, 0.1) is 0 Å². The molecule has 0 unspecified atom stereocenters. The van der Waals surface area contributed by atoms with Gasteiger partial charge in [-0.05, 0) is 18.2 Å². The minimum atomic E-state index is -0.619. The molecule has 11 heavy (non-hydrogen) atoms. The molecule has 0 fully saturated rings. The maximum Gasteiger partial charge on any atom is 0.273 e. The minimum Gasteiger partial charge on any atom is -0.287 e. The lowest BCUT2D eigenvalue weighted by Crippen LogP contribution is -2.46. The van der Waals surface area contributed by atoms with E-state index in [0.717, 1.165) is 18.2 Å². The van der Waals surface area contributed by atoms with Gasteiger partial charge < -0.3 is 0 Å². The predicted octanol–water partition coefficient (Wildman–Crippen LogP) is -0.571. The SMILES string of the molecule is NC(=[NH2+])c1cc(F)ccc1F. The quantitative estimate of drug-likeness (QED) is 0.416. The summed E-state index contributed by atoms with van der Waals surface area (Å²) in [5.41, 5.74) is 4.98. The topological polar surface area (TPSA) is 51.6 Å². The third-order valence-corrected chi connectivity index (χ3v) is 1.24. The first-order valence-electron chi connectivity index (χ1n) is 2.94. The molecule has 4 N–H and O–H groups in total. The van der Waals surface area contributed by atoms with Crippen molar-refractivity contribution >= 4 is 5.84 Å². The Balaban J connectivity index is 3.23. The van der Waals surface area contributed by atoms with Crippen LogP contribution in [0, 0.1) is 11.6 Å². The first-order valence-corrected chi connectivity index (χ1v) is 2.94. The number of nitrogens with two attached hydrogens (primary N) is 2. The maximum atomic E-state index is 12.7. The van der Waals surface area contributed by atoms with Crippen molar-refractivity contribution in [2.75, 3.05) is 0 Å². The average Bonchev–Trinajstić information content (AvgIpc) is 1.94. The van der Waals surface area contributed by atoms with Crippen LogP contribution in [0.4, 0.5) is 8.78 Å². The molecule has 0 bridgehead atoms. The lowest BCUT2D eigenvalue weighted by atomic mass is 10.2. The second kappa shape index (κ2) is 2.65. The maximum absolute atomic E-state index is 12.7. The summed E-state index contributed by atoms with van der Waals surface area (Å²) in [7, 11) is 0. The molecule has 0 heterocycles. The van der Waals surface area contributed by atoms with Gasteiger partial charge in [-0.15, -0.1) is 0 Å². The molecule has 0 saturated heterocycles. The number of amidine groups is 1. The van der Waals surface area contributed by atoms with Gasteiger partial charge in [-0.25, -0.2) is 8.78 Å². The van der Waals surface area contributed by atoms with Gasteiger partial charge in [0.15, 0.2) is 0 Å². The van der Waals surface area contributed by atoms with E-state index in [1.807, 2.05) is 0 Å². The third kappa shape index (κ3) is 1.52. The summed E-state index contributed by atoms with van der Waals surface area (Å²) in [6, 6.07) is 2.93. The van der Waals surface area contributed by atoms with Crippen LogP contribution in [-0.4, -0.2) is 5.84 Å². The summed E-state index contributed by atoms with van der Waals surface area (Å²) in [5, 5.41) is 5.07. The van der Waals surface area contributed by atoms with Gasteiger partial charge in [-0.1, -0.05) is 0 Å². The Labute approximate surface area is 62.2 Å².